The molecule has 1 aliphatic carbocycles. The second kappa shape index (κ2) is 7.40. The Morgan fingerprint density at radius 1 is 1.03 bits per heavy atom. The van der Waals surface area contributed by atoms with Crippen LogP contribution in [0.4, 0.5) is 5.69 Å². The number of hydrogen-bond acceptors (Lipinski definition) is 5. The fraction of sp³-hybridized carbons (Fsp3) is 0.238. The number of ketones is 1. The van der Waals surface area contributed by atoms with Gasteiger partial charge >= 0.3 is 0 Å². The van der Waals surface area contributed by atoms with E-state index in [1.807, 2.05) is 18.2 Å². The highest BCUT2D eigenvalue weighted by Crippen LogP contribution is 2.37. The Labute approximate surface area is 175 Å². The lowest BCUT2D eigenvalue weighted by atomic mass is 9.88. The van der Waals surface area contributed by atoms with Crippen molar-refractivity contribution < 1.29 is 13.2 Å². The molecule has 0 aromatic heterocycles. The van der Waals surface area contributed by atoms with Crippen LogP contribution in [0.25, 0.3) is 0 Å². The summed E-state index contributed by atoms with van der Waals surface area (Å²) < 4.78 is 28.9. The molecule has 8 heteroatoms. The number of sulfonamides is 1. The monoisotopic (exact) mass is 429 g/mol. The number of anilines is 1. The second-order valence-corrected chi connectivity index (χ2v) is 8.82. The topological polar surface area (TPSA) is 87.6 Å². The Kier molecular flexibility index (Phi) is 5.06. The Hall–Kier alpha value is -2.48. The van der Waals surface area contributed by atoms with Crippen LogP contribution in [0.5, 0.6) is 0 Å². The summed E-state index contributed by atoms with van der Waals surface area (Å²) in [7, 11) is -3.78. The summed E-state index contributed by atoms with van der Waals surface area (Å²) in [4.78, 5) is 12.7. The van der Waals surface area contributed by atoms with E-state index in [0.717, 1.165) is 31.6 Å². The van der Waals surface area contributed by atoms with Crippen molar-refractivity contribution >= 4 is 39.6 Å². The number of carbonyl (C=O) groups is 1. The molecule has 6 nitrogen and oxygen atoms in total. The van der Waals surface area contributed by atoms with Crippen LogP contribution in [0.1, 0.15) is 40.2 Å². The molecule has 0 saturated carbocycles. The van der Waals surface area contributed by atoms with Crippen LogP contribution in [-0.2, 0) is 10.0 Å². The summed E-state index contributed by atoms with van der Waals surface area (Å²) in [6.45, 7) is 1.95. The van der Waals surface area contributed by atoms with E-state index in [1.54, 1.807) is 12.1 Å². The molecule has 1 saturated heterocycles. The zero-order valence-electron chi connectivity index (χ0n) is 15.5. The first kappa shape index (κ1) is 19.8. The SMILES string of the molecule is Cl.O=C1C=C(Nc2ccccc2C2CCNCC2)C2=NS(=O)(=O)c3cccc1c32. The van der Waals surface area contributed by atoms with Gasteiger partial charge in [0.1, 0.15) is 5.71 Å². The van der Waals surface area contributed by atoms with Gasteiger partial charge in [0.05, 0.1) is 10.6 Å². The number of nitrogens with zero attached hydrogens (tertiary/aromatic N) is 1. The molecule has 1 fully saturated rings. The normalized spacial score (nSPS) is 19.7. The standard InChI is InChI=1S/C21H19N3O3S.ClH/c25-18-12-17(21-20-15(18)5-3-7-19(20)28(26,27)24-21)23-16-6-2-1-4-14(16)13-8-10-22-11-9-13;/h1-7,12-13,22-23H,8-11H2;1H. The molecule has 0 radical (unpaired) electrons. The number of carbonyl (C=O) groups excluding carboxylic acids is 1. The van der Waals surface area contributed by atoms with Crippen molar-refractivity contribution in [1.29, 1.82) is 0 Å². The van der Waals surface area contributed by atoms with E-state index in [4.69, 9.17) is 0 Å². The number of para-hydroxylation sites is 1. The van der Waals surface area contributed by atoms with Gasteiger partial charge in [0, 0.05) is 22.9 Å². The van der Waals surface area contributed by atoms with Crippen LogP contribution >= 0.6 is 12.4 Å². The molecule has 2 aliphatic heterocycles. The second-order valence-electron chi connectivity index (χ2n) is 7.25. The maximum atomic E-state index is 12.6. The zero-order valence-corrected chi connectivity index (χ0v) is 17.1. The maximum absolute atomic E-state index is 12.6. The predicted molar refractivity (Wildman–Crippen MR) is 115 cm³/mol. The molecule has 2 aromatic rings. The van der Waals surface area contributed by atoms with E-state index in [1.165, 1.54) is 17.7 Å². The number of hydrogen-bond donors (Lipinski definition) is 2. The van der Waals surface area contributed by atoms with Crippen LogP contribution < -0.4 is 10.6 Å². The van der Waals surface area contributed by atoms with E-state index in [2.05, 4.69) is 21.1 Å². The van der Waals surface area contributed by atoms with E-state index < -0.39 is 10.0 Å². The molecular weight excluding hydrogens is 410 g/mol. The van der Waals surface area contributed by atoms with E-state index >= 15 is 0 Å². The molecule has 29 heavy (non-hydrogen) atoms. The smallest absolute Gasteiger partial charge is 0.283 e. The summed E-state index contributed by atoms with van der Waals surface area (Å²) in [6.07, 6.45) is 3.53. The van der Waals surface area contributed by atoms with Crippen molar-refractivity contribution in [2.45, 2.75) is 23.7 Å². The Morgan fingerprint density at radius 2 is 1.79 bits per heavy atom. The largest absolute Gasteiger partial charge is 0.353 e. The summed E-state index contributed by atoms with van der Waals surface area (Å²) in [5.41, 5.74) is 3.63. The lowest BCUT2D eigenvalue weighted by Gasteiger charge is -2.26. The third kappa shape index (κ3) is 3.29. The molecule has 2 heterocycles. The molecule has 2 N–H and O–H groups in total. The molecule has 150 valence electrons. The first-order valence-electron chi connectivity index (χ1n) is 9.36. The predicted octanol–water partition coefficient (Wildman–Crippen LogP) is 3.26. The Bertz CT molecular complexity index is 1170. The highest BCUT2D eigenvalue weighted by molar-refractivity contribution is 7.90. The highest BCUT2D eigenvalue weighted by atomic mass is 35.5. The fourth-order valence-corrected chi connectivity index (χ4v) is 5.46. The summed E-state index contributed by atoms with van der Waals surface area (Å²) in [5.74, 6) is 0.205. The maximum Gasteiger partial charge on any atom is 0.283 e. The van der Waals surface area contributed by atoms with Crippen LogP contribution in [0.15, 0.2) is 63.5 Å². The van der Waals surface area contributed by atoms with E-state index in [9.17, 15) is 13.2 Å². The van der Waals surface area contributed by atoms with Crippen molar-refractivity contribution in [3.8, 4) is 0 Å². The number of rotatable bonds is 3. The van der Waals surface area contributed by atoms with Gasteiger partial charge in [0.25, 0.3) is 10.0 Å². The summed E-state index contributed by atoms with van der Waals surface area (Å²) >= 11 is 0. The lowest BCUT2D eigenvalue weighted by molar-refractivity contribution is 0.104. The number of allylic oxidation sites excluding steroid dienone is 2. The molecule has 0 amide bonds. The minimum atomic E-state index is -3.78. The molecule has 0 spiro atoms. The van der Waals surface area contributed by atoms with Gasteiger partial charge in [-0.05, 0) is 49.5 Å². The van der Waals surface area contributed by atoms with Crippen molar-refractivity contribution in [2.24, 2.45) is 4.40 Å². The quantitative estimate of drug-likeness (QED) is 0.781. The summed E-state index contributed by atoms with van der Waals surface area (Å²) in [6, 6.07) is 12.7. The number of halogens is 1. The Morgan fingerprint density at radius 3 is 2.59 bits per heavy atom. The molecule has 0 atom stereocenters. The average Bonchev–Trinajstić information content (AvgIpc) is 2.99. The van der Waals surface area contributed by atoms with Crippen molar-refractivity contribution in [2.75, 3.05) is 18.4 Å². The zero-order chi connectivity index (χ0) is 19.3. The van der Waals surface area contributed by atoms with E-state index in [0.29, 0.717) is 28.5 Å². The van der Waals surface area contributed by atoms with Gasteiger partial charge in [-0.3, -0.25) is 4.79 Å². The average molecular weight is 430 g/mol. The molecule has 3 aliphatic rings. The van der Waals surface area contributed by atoms with Gasteiger partial charge in [-0.25, -0.2) is 0 Å². The van der Waals surface area contributed by atoms with Crippen LogP contribution in [0.2, 0.25) is 0 Å². The van der Waals surface area contributed by atoms with Crippen LogP contribution in [-0.4, -0.2) is 33.0 Å². The first-order chi connectivity index (χ1) is 13.5. The fourth-order valence-electron chi connectivity index (χ4n) is 4.21. The highest BCUT2D eigenvalue weighted by Gasteiger charge is 2.37. The first-order valence-corrected chi connectivity index (χ1v) is 10.8. The van der Waals surface area contributed by atoms with Gasteiger partial charge in [0.15, 0.2) is 5.78 Å². The number of benzene rings is 2. The number of nitrogens with one attached hydrogen (secondary N) is 2. The molecule has 2 aromatic carbocycles. The van der Waals surface area contributed by atoms with Crippen LogP contribution in [0.3, 0.4) is 0 Å². The molecular formula is C21H20ClN3O3S. The van der Waals surface area contributed by atoms with Crippen molar-refractivity contribution in [3.63, 3.8) is 0 Å². The number of piperidine rings is 1. The summed E-state index contributed by atoms with van der Waals surface area (Å²) in [5, 5.41) is 6.69. The third-order valence-electron chi connectivity index (χ3n) is 5.56. The van der Waals surface area contributed by atoms with Gasteiger partial charge in [-0.2, -0.15) is 12.8 Å². The minimum Gasteiger partial charge on any atom is -0.353 e. The molecule has 5 rings (SSSR count). The van der Waals surface area contributed by atoms with Gasteiger partial charge in [0.2, 0.25) is 0 Å². The van der Waals surface area contributed by atoms with Crippen molar-refractivity contribution in [3.05, 3.63) is 70.9 Å². The third-order valence-corrected chi connectivity index (χ3v) is 6.88. The molecule has 0 unspecified atom stereocenters. The minimum absolute atomic E-state index is 0. The molecule has 0 bridgehead atoms. The van der Waals surface area contributed by atoms with Gasteiger partial charge in [-0.15, -0.1) is 12.4 Å². The Balaban J connectivity index is 0.00000205. The van der Waals surface area contributed by atoms with Gasteiger partial charge < -0.3 is 10.6 Å². The lowest BCUT2D eigenvalue weighted by Crippen LogP contribution is -2.27. The van der Waals surface area contributed by atoms with Gasteiger partial charge in [-0.1, -0.05) is 30.3 Å². The van der Waals surface area contributed by atoms with E-state index in [-0.39, 0.29) is 23.1 Å². The van der Waals surface area contributed by atoms with Crippen molar-refractivity contribution in [1.82, 2.24) is 5.32 Å². The van der Waals surface area contributed by atoms with Crippen LogP contribution in [0, 0.1) is 0 Å².